The Morgan fingerprint density at radius 3 is 3.00 bits per heavy atom. The van der Waals surface area contributed by atoms with Crippen molar-refractivity contribution in [3.63, 3.8) is 0 Å². The summed E-state index contributed by atoms with van der Waals surface area (Å²) in [6, 6.07) is 0.154. The van der Waals surface area contributed by atoms with E-state index in [1.165, 1.54) is 12.8 Å². The number of fused-ring (bicyclic) bond motifs is 1. The number of likely N-dealkylation sites (tertiary alicyclic amines) is 1. The highest BCUT2D eigenvalue weighted by Crippen LogP contribution is 2.32. The number of aryl methyl sites for hydroxylation is 1. The fourth-order valence-corrected chi connectivity index (χ4v) is 3.54. The van der Waals surface area contributed by atoms with Gasteiger partial charge in [0.05, 0.1) is 5.92 Å². The van der Waals surface area contributed by atoms with E-state index >= 15 is 0 Å². The number of carbonyl (C=O) groups is 2. The molecule has 2 aliphatic heterocycles. The summed E-state index contributed by atoms with van der Waals surface area (Å²) in [4.78, 5) is 30.6. The number of amides is 2. The third kappa shape index (κ3) is 2.74. The lowest BCUT2D eigenvalue weighted by Gasteiger charge is -2.26. The molecule has 6 heteroatoms. The van der Waals surface area contributed by atoms with Crippen LogP contribution < -0.4 is 5.32 Å². The smallest absolute Gasteiger partial charge is 0.225 e. The molecule has 1 aliphatic carbocycles. The van der Waals surface area contributed by atoms with Crippen molar-refractivity contribution in [2.45, 2.75) is 44.7 Å². The zero-order valence-electron chi connectivity index (χ0n) is 12.7. The molecule has 1 saturated carbocycles. The molecule has 2 atom stereocenters. The summed E-state index contributed by atoms with van der Waals surface area (Å²) in [5.41, 5.74) is 0. The molecule has 2 fully saturated rings. The van der Waals surface area contributed by atoms with Gasteiger partial charge in [-0.1, -0.05) is 0 Å². The maximum atomic E-state index is 12.4. The van der Waals surface area contributed by atoms with Gasteiger partial charge in [0.25, 0.3) is 0 Å². The van der Waals surface area contributed by atoms with E-state index < -0.39 is 0 Å². The first-order valence-electron chi connectivity index (χ1n) is 8.27. The first kappa shape index (κ1) is 13.8. The van der Waals surface area contributed by atoms with Crippen LogP contribution in [0.3, 0.4) is 0 Å². The summed E-state index contributed by atoms with van der Waals surface area (Å²) in [5, 5.41) is 3.14. The second kappa shape index (κ2) is 5.41. The quantitative estimate of drug-likeness (QED) is 0.884. The van der Waals surface area contributed by atoms with E-state index in [2.05, 4.69) is 14.9 Å². The molecular formula is C16H22N4O2. The van der Waals surface area contributed by atoms with Gasteiger partial charge < -0.3 is 14.8 Å². The molecule has 22 heavy (non-hydrogen) atoms. The standard InChI is InChI=1S/C16H22N4O2/c21-15-7-12(9-20(15)8-11-1-2-11)16(22)18-13-3-4-14-17-5-6-19(14)10-13/h5-6,11-13H,1-4,7-10H2,(H,18,22)/t12-,13-/m0/s1. The number of aromatic nitrogens is 2. The topological polar surface area (TPSA) is 67.2 Å². The van der Waals surface area contributed by atoms with Crippen molar-refractivity contribution in [3.8, 4) is 0 Å². The molecular weight excluding hydrogens is 280 g/mol. The Bertz CT molecular complexity index is 593. The van der Waals surface area contributed by atoms with Crippen molar-refractivity contribution in [2.75, 3.05) is 13.1 Å². The summed E-state index contributed by atoms with van der Waals surface area (Å²) in [6.07, 6.45) is 8.44. The SMILES string of the molecule is O=C(N[C@H]1CCc2nccn2C1)[C@H]1CC(=O)N(CC2CC2)C1. The van der Waals surface area contributed by atoms with Crippen molar-refractivity contribution in [3.05, 3.63) is 18.2 Å². The molecule has 1 saturated heterocycles. The zero-order chi connectivity index (χ0) is 15.1. The van der Waals surface area contributed by atoms with Crippen LogP contribution in [0.25, 0.3) is 0 Å². The van der Waals surface area contributed by atoms with E-state index in [1.807, 2.05) is 17.3 Å². The Balaban J connectivity index is 1.32. The lowest BCUT2D eigenvalue weighted by atomic mass is 10.0. The Morgan fingerprint density at radius 1 is 1.32 bits per heavy atom. The summed E-state index contributed by atoms with van der Waals surface area (Å²) >= 11 is 0. The first-order chi connectivity index (χ1) is 10.7. The van der Waals surface area contributed by atoms with Crippen LogP contribution in [0.15, 0.2) is 12.4 Å². The molecule has 0 spiro atoms. The largest absolute Gasteiger partial charge is 0.351 e. The van der Waals surface area contributed by atoms with Gasteiger partial charge in [0.1, 0.15) is 5.82 Å². The highest BCUT2D eigenvalue weighted by Gasteiger charge is 2.37. The van der Waals surface area contributed by atoms with Gasteiger partial charge in [0.2, 0.25) is 11.8 Å². The third-order valence-corrected chi connectivity index (χ3v) is 5.04. The maximum absolute atomic E-state index is 12.4. The number of rotatable bonds is 4. The van der Waals surface area contributed by atoms with Gasteiger partial charge in [0, 0.05) is 50.9 Å². The molecule has 0 bridgehead atoms. The minimum Gasteiger partial charge on any atom is -0.351 e. The van der Waals surface area contributed by atoms with E-state index in [1.54, 1.807) is 0 Å². The van der Waals surface area contributed by atoms with Gasteiger partial charge in [-0.05, 0) is 25.2 Å². The fourth-order valence-electron chi connectivity index (χ4n) is 3.54. The van der Waals surface area contributed by atoms with Crippen molar-refractivity contribution < 1.29 is 9.59 Å². The van der Waals surface area contributed by atoms with Crippen LogP contribution in [0, 0.1) is 11.8 Å². The lowest BCUT2D eigenvalue weighted by molar-refractivity contribution is -0.129. The molecule has 4 rings (SSSR count). The monoisotopic (exact) mass is 302 g/mol. The summed E-state index contributed by atoms with van der Waals surface area (Å²) in [7, 11) is 0. The van der Waals surface area contributed by atoms with Crippen LogP contribution in [0.5, 0.6) is 0 Å². The molecule has 3 aliphatic rings. The highest BCUT2D eigenvalue weighted by atomic mass is 16.2. The van der Waals surface area contributed by atoms with Gasteiger partial charge >= 0.3 is 0 Å². The van der Waals surface area contributed by atoms with Crippen LogP contribution in [0.2, 0.25) is 0 Å². The zero-order valence-corrected chi connectivity index (χ0v) is 12.7. The minimum atomic E-state index is -0.171. The van der Waals surface area contributed by atoms with Crippen LogP contribution in [-0.4, -0.2) is 45.4 Å². The Morgan fingerprint density at radius 2 is 2.18 bits per heavy atom. The molecule has 1 aromatic heterocycles. The summed E-state index contributed by atoms with van der Waals surface area (Å²) in [5.74, 6) is 1.80. The molecule has 0 radical (unpaired) electrons. The summed E-state index contributed by atoms with van der Waals surface area (Å²) in [6.45, 7) is 2.24. The number of hydrogen-bond acceptors (Lipinski definition) is 3. The molecule has 1 N–H and O–H groups in total. The van der Waals surface area contributed by atoms with Gasteiger partial charge in [0.15, 0.2) is 0 Å². The van der Waals surface area contributed by atoms with Crippen molar-refractivity contribution >= 4 is 11.8 Å². The normalized spacial score (nSPS) is 27.8. The van der Waals surface area contributed by atoms with Crippen molar-refractivity contribution in [2.24, 2.45) is 11.8 Å². The second-order valence-electron chi connectivity index (χ2n) is 6.88. The Labute approximate surface area is 129 Å². The van der Waals surface area contributed by atoms with Crippen LogP contribution in [-0.2, 0) is 22.6 Å². The van der Waals surface area contributed by atoms with E-state index in [0.717, 1.165) is 31.8 Å². The molecule has 0 unspecified atom stereocenters. The van der Waals surface area contributed by atoms with Gasteiger partial charge in [-0.25, -0.2) is 4.98 Å². The maximum Gasteiger partial charge on any atom is 0.225 e. The number of carbonyl (C=O) groups excluding carboxylic acids is 2. The average Bonchev–Trinajstić information content (AvgIpc) is 3.06. The molecule has 2 amide bonds. The van der Waals surface area contributed by atoms with Crippen LogP contribution in [0.1, 0.15) is 31.5 Å². The average molecular weight is 302 g/mol. The molecule has 6 nitrogen and oxygen atoms in total. The predicted octanol–water partition coefficient (Wildman–Crippen LogP) is 0.573. The molecule has 3 heterocycles. The first-order valence-corrected chi connectivity index (χ1v) is 8.27. The number of imidazole rings is 1. The predicted molar refractivity (Wildman–Crippen MR) is 79.9 cm³/mol. The number of nitrogens with one attached hydrogen (secondary N) is 1. The van der Waals surface area contributed by atoms with E-state index in [9.17, 15) is 9.59 Å². The van der Waals surface area contributed by atoms with Crippen molar-refractivity contribution in [1.82, 2.24) is 19.8 Å². The van der Waals surface area contributed by atoms with E-state index in [-0.39, 0.29) is 23.8 Å². The van der Waals surface area contributed by atoms with Crippen molar-refractivity contribution in [1.29, 1.82) is 0 Å². The van der Waals surface area contributed by atoms with Crippen LogP contribution >= 0.6 is 0 Å². The third-order valence-electron chi connectivity index (χ3n) is 5.04. The van der Waals surface area contributed by atoms with E-state index in [0.29, 0.717) is 18.9 Å². The Hall–Kier alpha value is -1.85. The number of nitrogens with zero attached hydrogens (tertiary/aromatic N) is 3. The Kier molecular flexibility index (Phi) is 3.39. The van der Waals surface area contributed by atoms with Gasteiger partial charge in [-0.2, -0.15) is 0 Å². The highest BCUT2D eigenvalue weighted by molar-refractivity contribution is 5.89. The molecule has 0 aromatic carbocycles. The summed E-state index contributed by atoms with van der Waals surface area (Å²) < 4.78 is 2.10. The van der Waals surface area contributed by atoms with Gasteiger partial charge in [-0.15, -0.1) is 0 Å². The minimum absolute atomic E-state index is 0.0419. The second-order valence-corrected chi connectivity index (χ2v) is 6.88. The van der Waals surface area contributed by atoms with Gasteiger partial charge in [-0.3, -0.25) is 9.59 Å². The molecule has 1 aromatic rings. The lowest BCUT2D eigenvalue weighted by Crippen LogP contribution is -2.44. The number of hydrogen-bond donors (Lipinski definition) is 1. The molecule has 118 valence electrons. The van der Waals surface area contributed by atoms with Crippen LogP contribution in [0.4, 0.5) is 0 Å². The van der Waals surface area contributed by atoms with E-state index in [4.69, 9.17) is 0 Å². The fraction of sp³-hybridized carbons (Fsp3) is 0.688.